The fourth-order valence-corrected chi connectivity index (χ4v) is 11.8. The zero-order chi connectivity index (χ0) is 33.4. The van der Waals surface area contributed by atoms with Crippen molar-refractivity contribution in [1.29, 1.82) is 0 Å². The second-order valence-corrected chi connectivity index (χ2v) is 15.4. The molecule has 11 heteroatoms. The Labute approximate surface area is 286 Å². The first-order valence-corrected chi connectivity index (χ1v) is 17.8. The number of nitrogens with zero attached hydrogens (tertiary/aromatic N) is 2. The molecule has 7 atom stereocenters. The van der Waals surface area contributed by atoms with Crippen molar-refractivity contribution in [2.45, 2.75) is 43.0 Å². The van der Waals surface area contributed by atoms with Crippen LogP contribution in [0.15, 0.2) is 76.6 Å². The standard InChI is InChI=1S/C37H35N3O6S2/c1-18-9-12-21(13-10-18)40-34(42)30-22-16-23(31(30)35(40)43)32-29(22)28(20-11-14-25(45-3)26(15-20)46-4)33-36(47-32)39(37(44)48-33)17-27(41)38-24-8-6-5-7-19(24)2/h5-15,22-23,28-32H,16-17H2,1-4H3,(H,38,41). The summed E-state index contributed by atoms with van der Waals surface area (Å²) in [7, 11) is 3.19. The number of carbonyl (C=O) groups excluding carboxylic acids is 3. The number of aromatic nitrogens is 1. The molecule has 2 aliphatic heterocycles. The number of amides is 3. The number of fused-ring (bicyclic) bond motifs is 9. The SMILES string of the molecule is COc1ccc(C2c3sc(=O)n(CC(=O)Nc4ccccc4C)c3SC3C4CC(C5C(=O)N(c6ccc(C)cc6)C(=O)C45)C23)cc1OC. The summed E-state index contributed by atoms with van der Waals surface area (Å²) in [6.07, 6.45) is 0.771. The van der Waals surface area contributed by atoms with E-state index in [2.05, 4.69) is 5.32 Å². The molecule has 0 radical (unpaired) electrons. The highest BCUT2D eigenvalue weighted by Crippen LogP contribution is 2.69. The van der Waals surface area contributed by atoms with E-state index in [1.807, 2.05) is 80.6 Å². The first-order chi connectivity index (χ1) is 23.2. The number of aryl methyl sites for hydroxylation is 2. The van der Waals surface area contributed by atoms with Gasteiger partial charge in [-0.2, -0.15) is 0 Å². The molecule has 246 valence electrons. The van der Waals surface area contributed by atoms with Crippen molar-refractivity contribution in [3.63, 3.8) is 0 Å². The van der Waals surface area contributed by atoms with E-state index in [1.54, 1.807) is 30.5 Å². The number of carbonyl (C=O) groups is 3. The molecule has 48 heavy (non-hydrogen) atoms. The lowest BCUT2D eigenvalue weighted by Gasteiger charge is -2.43. The minimum Gasteiger partial charge on any atom is -0.493 e. The van der Waals surface area contributed by atoms with Gasteiger partial charge in [-0.25, -0.2) is 0 Å². The molecule has 1 saturated heterocycles. The molecular weight excluding hydrogens is 647 g/mol. The van der Waals surface area contributed by atoms with Gasteiger partial charge >= 0.3 is 4.87 Å². The number of ether oxygens (including phenoxy) is 2. The fraction of sp³-hybridized carbons (Fsp3) is 0.351. The van der Waals surface area contributed by atoms with Crippen LogP contribution in [-0.2, 0) is 20.9 Å². The van der Waals surface area contributed by atoms with E-state index in [0.717, 1.165) is 33.0 Å². The van der Waals surface area contributed by atoms with Crippen molar-refractivity contribution in [3.8, 4) is 11.5 Å². The molecule has 2 aliphatic carbocycles. The topological polar surface area (TPSA) is 107 Å². The molecule has 4 aromatic rings. The van der Waals surface area contributed by atoms with Crippen LogP contribution >= 0.6 is 23.1 Å². The zero-order valence-electron chi connectivity index (χ0n) is 27.0. The Morgan fingerprint density at radius 1 is 0.896 bits per heavy atom. The van der Waals surface area contributed by atoms with Crippen molar-refractivity contribution < 1.29 is 23.9 Å². The maximum Gasteiger partial charge on any atom is 0.308 e. The summed E-state index contributed by atoms with van der Waals surface area (Å²) in [5, 5.41) is 3.72. The Balaban J connectivity index is 1.20. The molecule has 1 N–H and O–H groups in total. The third-order valence-electron chi connectivity index (χ3n) is 10.7. The summed E-state index contributed by atoms with van der Waals surface area (Å²) < 4.78 is 12.8. The van der Waals surface area contributed by atoms with Gasteiger partial charge < -0.3 is 14.8 Å². The summed E-state index contributed by atoms with van der Waals surface area (Å²) in [5.41, 5.74) is 4.27. The molecular formula is C37H35N3O6S2. The predicted molar refractivity (Wildman–Crippen MR) is 185 cm³/mol. The molecule has 4 aliphatic rings. The minimum atomic E-state index is -0.409. The van der Waals surface area contributed by atoms with Crippen molar-refractivity contribution in [3.05, 3.63) is 98.0 Å². The number of para-hydroxylation sites is 1. The molecule has 3 fully saturated rings. The van der Waals surface area contributed by atoms with E-state index in [-0.39, 0.29) is 58.1 Å². The maximum atomic E-state index is 14.1. The van der Waals surface area contributed by atoms with Crippen LogP contribution in [0.4, 0.5) is 11.4 Å². The Kier molecular flexibility index (Phi) is 7.52. The zero-order valence-corrected chi connectivity index (χ0v) is 28.6. The number of thiazole rings is 1. The van der Waals surface area contributed by atoms with Gasteiger partial charge in [0, 0.05) is 21.7 Å². The van der Waals surface area contributed by atoms with Gasteiger partial charge in [-0.15, -0.1) is 11.8 Å². The lowest BCUT2D eigenvalue weighted by atomic mass is 9.68. The molecule has 3 aromatic carbocycles. The van der Waals surface area contributed by atoms with Crippen LogP contribution in [0.1, 0.15) is 33.9 Å². The Morgan fingerprint density at radius 3 is 2.31 bits per heavy atom. The molecule has 8 rings (SSSR count). The first-order valence-electron chi connectivity index (χ1n) is 16.1. The Hall–Kier alpha value is -4.35. The third kappa shape index (κ3) is 4.65. The van der Waals surface area contributed by atoms with Crippen molar-refractivity contribution in [1.82, 2.24) is 4.57 Å². The number of anilines is 2. The van der Waals surface area contributed by atoms with Gasteiger partial charge in [0.15, 0.2) is 11.5 Å². The second-order valence-electron chi connectivity index (χ2n) is 13.2. The number of imide groups is 1. The number of benzene rings is 3. The first kappa shape index (κ1) is 31.0. The molecule has 3 heterocycles. The van der Waals surface area contributed by atoms with Gasteiger partial charge in [-0.05, 0) is 79.5 Å². The van der Waals surface area contributed by atoms with Crippen molar-refractivity contribution >= 4 is 52.2 Å². The number of hydrogen-bond donors (Lipinski definition) is 1. The van der Waals surface area contributed by atoms with Crippen LogP contribution in [0.2, 0.25) is 0 Å². The number of hydrogen-bond acceptors (Lipinski definition) is 8. The molecule has 0 spiro atoms. The third-order valence-corrected chi connectivity index (χ3v) is 13.5. The molecule has 2 bridgehead atoms. The molecule has 7 unspecified atom stereocenters. The average Bonchev–Trinajstić information content (AvgIpc) is 3.80. The van der Waals surface area contributed by atoms with Crippen molar-refractivity contribution in [2.24, 2.45) is 29.6 Å². The normalized spacial score (nSPS) is 26.7. The minimum absolute atomic E-state index is 0.00821. The summed E-state index contributed by atoms with van der Waals surface area (Å²) >= 11 is 2.78. The van der Waals surface area contributed by atoms with Crippen LogP contribution in [-0.4, -0.2) is 41.8 Å². The van der Waals surface area contributed by atoms with Crippen LogP contribution < -0.4 is 24.6 Å². The highest BCUT2D eigenvalue weighted by Gasteiger charge is 2.69. The van der Waals surface area contributed by atoms with Crippen LogP contribution in [0.3, 0.4) is 0 Å². The van der Waals surface area contributed by atoms with Crippen molar-refractivity contribution in [2.75, 3.05) is 24.4 Å². The van der Waals surface area contributed by atoms with Crippen LogP contribution in [0.5, 0.6) is 11.5 Å². The van der Waals surface area contributed by atoms with E-state index in [4.69, 9.17) is 9.47 Å². The van der Waals surface area contributed by atoms with E-state index in [1.165, 1.54) is 16.2 Å². The molecule has 1 aromatic heterocycles. The van der Waals surface area contributed by atoms with E-state index in [0.29, 0.717) is 22.9 Å². The highest BCUT2D eigenvalue weighted by atomic mass is 32.2. The van der Waals surface area contributed by atoms with Gasteiger partial charge in [0.1, 0.15) is 6.54 Å². The average molecular weight is 682 g/mol. The van der Waals surface area contributed by atoms with E-state index >= 15 is 0 Å². The molecule has 9 nitrogen and oxygen atoms in total. The van der Waals surface area contributed by atoms with Gasteiger partial charge in [0.05, 0.1) is 36.8 Å². The monoisotopic (exact) mass is 681 g/mol. The van der Waals surface area contributed by atoms with Gasteiger partial charge in [0.25, 0.3) is 0 Å². The highest BCUT2D eigenvalue weighted by molar-refractivity contribution is 8.00. The lowest BCUT2D eigenvalue weighted by molar-refractivity contribution is -0.123. The largest absolute Gasteiger partial charge is 0.493 e. The summed E-state index contributed by atoms with van der Waals surface area (Å²) in [6.45, 7) is 3.78. The quantitative estimate of drug-likeness (QED) is 0.244. The number of methoxy groups -OCH3 is 2. The number of thioether (sulfide) groups is 1. The lowest BCUT2D eigenvalue weighted by Crippen LogP contribution is -2.43. The van der Waals surface area contributed by atoms with Gasteiger partial charge in [-0.1, -0.05) is 53.3 Å². The Morgan fingerprint density at radius 2 is 1.60 bits per heavy atom. The maximum absolute atomic E-state index is 14.1. The van der Waals surface area contributed by atoms with Crippen LogP contribution in [0, 0.1) is 43.4 Å². The van der Waals surface area contributed by atoms with E-state index in [9.17, 15) is 19.2 Å². The fourth-order valence-electron chi connectivity index (χ4n) is 8.67. The summed E-state index contributed by atoms with van der Waals surface area (Å²) in [5.74, 6) is -0.472. The van der Waals surface area contributed by atoms with Gasteiger partial charge in [-0.3, -0.25) is 28.6 Å². The Bertz CT molecular complexity index is 2040. The van der Waals surface area contributed by atoms with Gasteiger partial charge in [0.2, 0.25) is 17.7 Å². The summed E-state index contributed by atoms with van der Waals surface area (Å²) in [4.78, 5) is 57.4. The molecule has 3 amide bonds. The second kappa shape index (κ2) is 11.7. The summed E-state index contributed by atoms with van der Waals surface area (Å²) in [6, 6.07) is 20.9. The number of nitrogens with one attached hydrogen (secondary N) is 1. The van der Waals surface area contributed by atoms with Crippen LogP contribution in [0.25, 0.3) is 0 Å². The van der Waals surface area contributed by atoms with E-state index < -0.39 is 11.8 Å². The predicted octanol–water partition coefficient (Wildman–Crippen LogP) is 5.86. The number of rotatable bonds is 7. The smallest absolute Gasteiger partial charge is 0.308 e. The molecule has 2 saturated carbocycles.